The molecule has 0 saturated carbocycles. The smallest absolute Gasteiger partial charge is 0.308 e. The number of nitrogens with one attached hydrogen (secondary N) is 1. The standard InChI is InChI=1S/C20H22ClNO3/c1-13(2)25-19(23)12-18(15-10-8-14(3)9-11-15)22-20(24)16-6-4-5-7-17(16)21/h4-11,13,18H,12H2,1-3H3,(H,22,24). The second-order valence-electron chi connectivity index (χ2n) is 6.16. The molecule has 1 amide bonds. The number of benzene rings is 2. The van der Waals surface area contributed by atoms with Gasteiger partial charge in [0.15, 0.2) is 0 Å². The summed E-state index contributed by atoms with van der Waals surface area (Å²) in [6, 6.07) is 14.0. The number of carbonyl (C=O) groups excluding carboxylic acids is 2. The highest BCUT2D eigenvalue weighted by atomic mass is 35.5. The zero-order valence-corrected chi connectivity index (χ0v) is 15.3. The van der Waals surface area contributed by atoms with Gasteiger partial charge in [-0.25, -0.2) is 0 Å². The van der Waals surface area contributed by atoms with Crippen LogP contribution in [0.4, 0.5) is 0 Å². The number of amides is 1. The van der Waals surface area contributed by atoms with Crippen molar-refractivity contribution in [2.75, 3.05) is 0 Å². The Kier molecular flexibility index (Phi) is 6.59. The van der Waals surface area contributed by atoms with Crippen LogP contribution in [-0.4, -0.2) is 18.0 Å². The minimum Gasteiger partial charge on any atom is -0.463 e. The predicted molar refractivity (Wildman–Crippen MR) is 98.7 cm³/mol. The number of hydrogen-bond donors (Lipinski definition) is 1. The molecule has 1 N–H and O–H groups in total. The van der Waals surface area contributed by atoms with E-state index in [4.69, 9.17) is 16.3 Å². The summed E-state index contributed by atoms with van der Waals surface area (Å²) < 4.78 is 5.22. The van der Waals surface area contributed by atoms with Crippen LogP contribution in [0.5, 0.6) is 0 Å². The highest BCUT2D eigenvalue weighted by molar-refractivity contribution is 6.33. The van der Waals surface area contributed by atoms with Crippen LogP contribution >= 0.6 is 11.6 Å². The normalized spacial score (nSPS) is 11.9. The molecule has 0 heterocycles. The van der Waals surface area contributed by atoms with E-state index in [1.165, 1.54) is 0 Å². The minimum atomic E-state index is -0.490. The van der Waals surface area contributed by atoms with Gasteiger partial charge >= 0.3 is 5.97 Å². The minimum absolute atomic E-state index is 0.0530. The molecule has 0 aliphatic rings. The second kappa shape index (κ2) is 8.67. The van der Waals surface area contributed by atoms with Crippen LogP contribution in [-0.2, 0) is 9.53 Å². The summed E-state index contributed by atoms with van der Waals surface area (Å²) in [5.74, 6) is -0.687. The molecular formula is C20H22ClNO3. The number of ether oxygens (including phenoxy) is 1. The Morgan fingerprint density at radius 3 is 2.32 bits per heavy atom. The van der Waals surface area contributed by atoms with Crippen LogP contribution in [0.25, 0.3) is 0 Å². The van der Waals surface area contributed by atoms with Crippen molar-refractivity contribution < 1.29 is 14.3 Å². The van der Waals surface area contributed by atoms with E-state index in [1.807, 2.05) is 31.2 Å². The van der Waals surface area contributed by atoms with Crippen LogP contribution in [0.1, 0.15) is 47.8 Å². The molecule has 132 valence electrons. The molecule has 1 unspecified atom stereocenters. The van der Waals surface area contributed by atoms with Gasteiger partial charge in [-0.05, 0) is 38.5 Å². The Morgan fingerprint density at radius 1 is 1.08 bits per heavy atom. The summed E-state index contributed by atoms with van der Waals surface area (Å²) in [5, 5.41) is 3.26. The largest absolute Gasteiger partial charge is 0.463 e. The fraction of sp³-hybridized carbons (Fsp3) is 0.300. The fourth-order valence-electron chi connectivity index (χ4n) is 2.41. The van der Waals surface area contributed by atoms with Crippen molar-refractivity contribution in [3.8, 4) is 0 Å². The van der Waals surface area contributed by atoms with Crippen LogP contribution in [0.3, 0.4) is 0 Å². The molecule has 0 saturated heterocycles. The summed E-state index contributed by atoms with van der Waals surface area (Å²) in [4.78, 5) is 24.7. The van der Waals surface area contributed by atoms with Gasteiger partial charge in [-0.3, -0.25) is 9.59 Å². The third-order valence-electron chi connectivity index (χ3n) is 3.64. The molecule has 0 aromatic heterocycles. The fourth-order valence-corrected chi connectivity index (χ4v) is 2.63. The molecule has 0 aliphatic carbocycles. The van der Waals surface area contributed by atoms with E-state index in [1.54, 1.807) is 38.1 Å². The molecule has 25 heavy (non-hydrogen) atoms. The first-order chi connectivity index (χ1) is 11.9. The highest BCUT2D eigenvalue weighted by Gasteiger charge is 2.21. The molecule has 0 bridgehead atoms. The highest BCUT2D eigenvalue weighted by Crippen LogP contribution is 2.21. The summed E-state index contributed by atoms with van der Waals surface area (Å²) in [6.07, 6.45) is -0.150. The van der Waals surface area contributed by atoms with Crippen LogP contribution in [0.2, 0.25) is 5.02 Å². The van der Waals surface area contributed by atoms with E-state index >= 15 is 0 Å². The lowest BCUT2D eigenvalue weighted by molar-refractivity contribution is -0.147. The van der Waals surface area contributed by atoms with Crippen LogP contribution < -0.4 is 5.32 Å². The molecule has 0 fully saturated rings. The van der Waals surface area contributed by atoms with Crippen LogP contribution in [0.15, 0.2) is 48.5 Å². The molecule has 2 aromatic carbocycles. The van der Waals surface area contributed by atoms with E-state index in [9.17, 15) is 9.59 Å². The monoisotopic (exact) mass is 359 g/mol. The first-order valence-corrected chi connectivity index (χ1v) is 8.56. The number of aryl methyl sites for hydroxylation is 1. The number of halogens is 1. The van der Waals surface area contributed by atoms with Gasteiger partial charge in [0, 0.05) is 0 Å². The van der Waals surface area contributed by atoms with Gasteiger partial charge in [0.2, 0.25) is 0 Å². The maximum atomic E-state index is 12.6. The summed E-state index contributed by atoms with van der Waals surface area (Å²) >= 11 is 6.09. The van der Waals surface area contributed by atoms with Crippen molar-refractivity contribution in [3.63, 3.8) is 0 Å². The Labute approximate surface area is 153 Å². The van der Waals surface area contributed by atoms with Gasteiger partial charge in [-0.2, -0.15) is 0 Å². The SMILES string of the molecule is Cc1ccc(C(CC(=O)OC(C)C)NC(=O)c2ccccc2Cl)cc1. The van der Waals surface area contributed by atoms with E-state index in [2.05, 4.69) is 5.32 Å². The van der Waals surface area contributed by atoms with Gasteiger partial charge < -0.3 is 10.1 Å². The van der Waals surface area contributed by atoms with Gasteiger partial charge in [-0.1, -0.05) is 53.6 Å². The molecule has 2 aromatic rings. The topological polar surface area (TPSA) is 55.4 Å². The Hall–Kier alpha value is -2.33. The van der Waals surface area contributed by atoms with Crippen molar-refractivity contribution >= 4 is 23.5 Å². The molecule has 1 atom stereocenters. The Bertz CT molecular complexity index is 741. The van der Waals surface area contributed by atoms with Crippen LogP contribution in [0, 0.1) is 6.92 Å². The first kappa shape index (κ1) is 19.0. The summed E-state index contributed by atoms with van der Waals surface area (Å²) in [7, 11) is 0. The van der Waals surface area contributed by atoms with E-state index < -0.39 is 6.04 Å². The van der Waals surface area contributed by atoms with Crippen molar-refractivity contribution in [1.82, 2.24) is 5.32 Å². The quantitative estimate of drug-likeness (QED) is 0.774. The number of hydrogen-bond acceptors (Lipinski definition) is 3. The maximum Gasteiger partial charge on any atom is 0.308 e. The average Bonchev–Trinajstić information content (AvgIpc) is 2.54. The third-order valence-corrected chi connectivity index (χ3v) is 3.97. The molecular weight excluding hydrogens is 338 g/mol. The van der Waals surface area contributed by atoms with Crippen molar-refractivity contribution in [2.24, 2.45) is 0 Å². The summed E-state index contributed by atoms with van der Waals surface area (Å²) in [6.45, 7) is 5.57. The molecule has 5 heteroatoms. The molecule has 0 spiro atoms. The van der Waals surface area contributed by atoms with E-state index in [-0.39, 0.29) is 24.4 Å². The van der Waals surface area contributed by atoms with Crippen molar-refractivity contribution in [2.45, 2.75) is 39.3 Å². The zero-order chi connectivity index (χ0) is 18.4. The van der Waals surface area contributed by atoms with Crippen molar-refractivity contribution in [3.05, 3.63) is 70.2 Å². The third kappa shape index (κ3) is 5.61. The Morgan fingerprint density at radius 2 is 1.72 bits per heavy atom. The molecule has 0 radical (unpaired) electrons. The Balaban J connectivity index is 2.22. The lowest BCUT2D eigenvalue weighted by Crippen LogP contribution is -2.31. The van der Waals surface area contributed by atoms with Gasteiger partial charge in [0.1, 0.15) is 0 Å². The lowest BCUT2D eigenvalue weighted by atomic mass is 10.0. The van der Waals surface area contributed by atoms with Gasteiger partial charge in [-0.15, -0.1) is 0 Å². The number of esters is 1. The number of carbonyl (C=O) groups is 2. The lowest BCUT2D eigenvalue weighted by Gasteiger charge is -2.20. The molecule has 4 nitrogen and oxygen atoms in total. The van der Waals surface area contributed by atoms with Crippen molar-refractivity contribution in [1.29, 1.82) is 0 Å². The summed E-state index contributed by atoms with van der Waals surface area (Å²) in [5.41, 5.74) is 2.31. The number of rotatable bonds is 6. The second-order valence-corrected chi connectivity index (χ2v) is 6.57. The van der Waals surface area contributed by atoms with E-state index in [0.717, 1.165) is 11.1 Å². The predicted octanol–water partition coefficient (Wildman–Crippen LogP) is 4.46. The molecule has 0 aliphatic heterocycles. The van der Waals surface area contributed by atoms with Gasteiger partial charge in [0.25, 0.3) is 5.91 Å². The van der Waals surface area contributed by atoms with E-state index in [0.29, 0.717) is 10.6 Å². The first-order valence-electron chi connectivity index (χ1n) is 8.18. The zero-order valence-electron chi connectivity index (χ0n) is 14.6. The molecule has 2 rings (SSSR count). The maximum absolute atomic E-state index is 12.6. The average molecular weight is 360 g/mol. The van der Waals surface area contributed by atoms with Gasteiger partial charge in [0.05, 0.1) is 29.2 Å².